The van der Waals surface area contributed by atoms with Crippen molar-refractivity contribution in [3.8, 4) is 33.8 Å². The molecule has 2 heteroatoms. The van der Waals surface area contributed by atoms with Crippen LogP contribution in [0.4, 0.5) is 0 Å². The maximum atomic E-state index is 5.52. The van der Waals surface area contributed by atoms with Crippen molar-refractivity contribution in [2.75, 3.05) is 0 Å². The summed E-state index contributed by atoms with van der Waals surface area (Å²) in [6, 6.07) is 54.1. The van der Waals surface area contributed by atoms with E-state index in [0.717, 1.165) is 33.9 Å². The molecule has 1 aliphatic carbocycles. The van der Waals surface area contributed by atoms with Crippen LogP contribution >= 0.6 is 0 Å². The van der Waals surface area contributed by atoms with Gasteiger partial charge in [0, 0.05) is 16.7 Å². The summed E-state index contributed by atoms with van der Waals surface area (Å²) in [5.74, 6) is 0.734. The fourth-order valence-electron chi connectivity index (χ4n) is 6.73. The molecule has 42 heavy (non-hydrogen) atoms. The molecule has 0 spiro atoms. The molecule has 0 fully saturated rings. The van der Waals surface area contributed by atoms with Crippen molar-refractivity contribution in [3.63, 3.8) is 0 Å². The molecule has 1 heterocycles. The maximum absolute atomic E-state index is 5.52. The summed E-state index contributed by atoms with van der Waals surface area (Å²) in [4.78, 5) is 10.9. The number of hydrogen-bond acceptors (Lipinski definition) is 2. The van der Waals surface area contributed by atoms with Gasteiger partial charge in [-0.25, -0.2) is 9.97 Å². The number of aromatic nitrogens is 2. The van der Waals surface area contributed by atoms with Gasteiger partial charge in [-0.05, 0) is 39.9 Å². The third kappa shape index (κ3) is 3.59. The first-order valence-corrected chi connectivity index (χ1v) is 14.4. The molecule has 0 saturated carbocycles. The number of nitrogens with zero attached hydrogens (tertiary/aromatic N) is 2. The minimum Gasteiger partial charge on any atom is -0.231 e. The molecule has 0 aliphatic heterocycles. The Morgan fingerprint density at radius 2 is 1.12 bits per heavy atom. The molecule has 0 radical (unpaired) electrons. The van der Waals surface area contributed by atoms with E-state index in [4.69, 9.17) is 9.97 Å². The molecule has 6 aromatic carbocycles. The summed E-state index contributed by atoms with van der Waals surface area (Å²) in [5.41, 5.74) is 10.7. The second-order valence-corrected chi connectivity index (χ2v) is 11.0. The Morgan fingerprint density at radius 1 is 0.500 bits per heavy atom. The van der Waals surface area contributed by atoms with E-state index in [9.17, 15) is 0 Å². The molecule has 2 nitrogen and oxygen atoms in total. The molecule has 1 aromatic heterocycles. The Hall–Kier alpha value is -5.34. The van der Waals surface area contributed by atoms with Crippen molar-refractivity contribution in [2.24, 2.45) is 0 Å². The van der Waals surface area contributed by atoms with Crippen molar-refractivity contribution < 1.29 is 0 Å². The van der Waals surface area contributed by atoms with Gasteiger partial charge in [-0.2, -0.15) is 0 Å². The molecule has 1 unspecified atom stereocenters. The summed E-state index contributed by atoms with van der Waals surface area (Å²) in [7, 11) is 0. The minimum atomic E-state index is -0.604. The maximum Gasteiger partial charge on any atom is 0.160 e. The molecular formula is C40H28N2. The van der Waals surface area contributed by atoms with Gasteiger partial charge in [0.2, 0.25) is 0 Å². The number of rotatable bonds is 4. The van der Waals surface area contributed by atoms with Crippen LogP contribution in [0.1, 0.15) is 27.9 Å². The number of aryl methyl sites for hydroxylation is 1. The molecule has 1 atom stereocenters. The van der Waals surface area contributed by atoms with Crippen molar-refractivity contribution in [3.05, 3.63) is 180 Å². The SMILES string of the molecule is Cc1ccc(C2(c3ccccc3)c3ccccc3-c3c(-c4cccc5ccccc45)nc(-c4ccccc4)nc32)cc1. The molecule has 0 amide bonds. The monoisotopic (exact) mass is 536 g/mol. The smallest absolute Gasteiger partial charge is 0.160 e. The molecule has 198 valence electrons. The van der Waals surface area contributed by atoms with Gasteiger partial charge >= 0.3 is 0 Å². The van der Waals surface area contributed by atoms with Crippen LogP contribution in [-0.4, -0.2) is 9.97 Å². The van der Waals surface area contributed by atoms with E-state index in [-0.39, 0.29) is 0 Å². The zero-order chi connectivity index (χ0) is 28.1. The fourth-order valence-corrected chi connectivity index (χ4v) is 6.73. The topological polar surface area (TPSA) is 25.8 Å². The van der Waals surface area contributed by atoms with Gasteiger partial charge in [-0.3, -0.25) is 0 Å². The predicted octanol–water partition coefficient (Wildman–Crippen LogP) is 9.64. The average molecular weight is 537 g/mol. The summed E-state index contributed by atoms with van der Waals surface area (Å²) in [6.45, 7) is 2.14. The Morgan fingerprint density at radius 3 is 1.93 bits per heavy atom. The Labute approximate surface area is 246 Å². The van der Waals surface area contributed by atoms with E-state index < -0.39 is 5.41 Å². The number of hydrogen-bond donors (Lipinski definition) is 0. The summed E-state index contributed by atoms with van der Waals surface area (Å²) < 4.78 is 0. The largest absolute Gasteiger partial charge is 0.231 e. The van der Waals surface area contributed by atoms with E-state index in [0.29, 0.717) is 0 Å². The molecule has 7 aromatic rings. The number of fused-ring (bicyclic) bond motifs is 4. The fraction of sp³-hybridized carbons (Fsp3) is 0.0500. The minimum absolute atomic E-state index is 0.604. The summed E-state index contributed by atoms with van der Waals surface area (Å²) >= 11 is 0. The van der Waals surface area contributed by atoms with Crippen molar-refractivity contribution in [1.29, 1.82) is 0 Å². The molecule has 0 saturated heterocycles. The molecule has 8 rings (SSSR count). The van der Waals surface area contributed by atoms with Gasteiger partial charge in [0.25, 0.3) is 0 Å². The predicted molar refractivity (Wildman–Crippen MR) is 172 cm³/mol. The molecule has 0 bridgehead atoms. The van der Waals surface area contributed by atoms with Crippen molar-refractivity contribution in [1.82, 2.24) is 9.97 Å². The Balaban J connectivity index is 1.58. The van der Waals surface area contributed by atoms with E-state index in [1.54, 1.807) is 0 Å². The zero-order valence-electron chi connectivity index (χ0n) is 23.3. The lowest BCUT2D eigenvalue weighted by atomic mass is 9.69. The standard InChI is InChI=1S/C40H28N2/c1-27-23-25-31(26-24-27)40(30-17-6-3-7-18-30)35-22-11-10-20-34(35)36-37(33-21-12-16-28-13-8-9-19-32(28)33)41-39(42-38(36)40)29-14-4-2-5-15-29/h2-26H,1H3. The lowest BCUT2D eigenvalue weighted by Crippen LogP contribution is -2.30. The van der Waals surface area contributed by atoms with Gasteiger partial charge in [-0.15, -0.1) is 0 Å². The normalized spacial score (nSPS) is 15.4. The average Bonchev–Trinajstić information content (AvgIpc) is 3.36. The van der Waals surface area contributed by atoms with E-state index in [2.05, 4.69) is 153 Å². The van der Waals surface area contributed by atoms with Gasteiger partial charge in [0.05, 0.1) is 16.8 Å². The van der Waals surface area contributed by atoms with Crippen LogP contribution in [0.5, 0.6) is 0 Å². The zero-order valence-corrected chi connectivity index (χ0v) is 23.3. The van der Waals surface area contributed by atoms with Crippen molar-refractivity contribution in [2.45, 2.75) is 12.3 Å². The third-order valence-electron chi connectivity index (χ3n) is 8.63. The van der Waals surface area contributed by atoms with Gasteiger partial charge in [-0.1, -0.05) is 157 Å². The molecule has 1 aliphatic rings. The highest BCUT2D eigenvalue weighted by Gasteiger charge is 2.49. The first-order valence-electron chi connectivity index (χ1n) is 14.4. The first-order chi connectivity index (χ1) is 20.7. The quantitative estimate of drug-likeness (QED) is 0.224. The van der Waals surface area contributed by atoms with E-state index in [1.165, 1.54) is 38.6 Å². The Kier molecular flexibility index (Phi) is 5.61. The van der Waals surface area contributed by atoms with Gasteiger partial charge < -0.3 is 0 Å². The van der Waals surface area contributed by atoms with Crippen LogP contribution < -0.4 is 0 Å². The van der Waals surface area contributed by atoms with E-state index >= 15 is 0 Å². The lowest BCUT2D eigenvalue weighted by molar-refractivity contribution is 0.736. The second kappa shape index (κ2) is 9.64. The number of benzene rings is 6. The highest BCUT2D eigenvalue weighted by atomic mass is 14.9. The second-order valence-electron chi connectivity index (χ2n) is 11.0. The van der Waals surface area contributed by atoms with E-state index in [1.807, 2.05) is 6.07 Å². The van der Waals surface area contributed by atoms with Crippen LogP contribution in [0.15, 0.2) is 152 Å². The highest BCUT2D eigenvalue weighted by Crippen LogP contribution is 2.57. The van der Waals surface area contributed by atoms with Crippen LogP contribution in [0, 0.1) is 6.92 Å². The molecule has 0 N–H and O–H groups in total. The van der Waals surface area contributed by atoms with Gasteiger partial charge in [0.15, 0.2) is 5.82 Å². The summed E-state index contributed by atoms with van der Waals surface area (Å²) in [5, 5.41) is 2.38. The Bertz CT molecular complexity index is 2070. The van der Waals surface area contributed by atoms with Gasteiger partial charge in [0.1, 0.15) is 0 Å². The van der Waals surface area contributed by atoms with Crippen molar-refractivity contribution >= 4 is 10.8 Å². The van der Waals surface area contributed by atoms with Crippen LogP contribution in [0.25, 0.3) is 44.5 Å². The lowest BCUT2D eigenvalue weighted by Gasteiger charge is -2.33. The summed E-state index contributed by atoms with van der Waals surface area (Å²) in [6.07, 6.45) is 0. The van der Waals surface area contributed by atoms with Crippen LogP contribution in [-0.2, 0) is 5.41 Å². The van der Waals surface area contributed by atoms with Crippen LogP contribution in [0.2, 0.25) is 0 Å². The first kappa shape index (κ1) is 24.5. The van der Waals surface area contributed by atoms with Crippen LogP contribution in [0.3, 0.4) is 0 Å². The molecular weight excluding hydrogens is 508 g/mol. The highest BCUT2D eigenvalue weighted by molar-refractivity contribution is 6.02. The third-order valence-corrected chi connectivity index (χ3v) is 8.63.